The quantitative estimate of drug-likeness (QED) is 0.822. The number of nitrogens with zero attached hydrogens (tertiary/aromatic N) is 2. The molecule has 0 amide bonds. The van der Waals surface area contributed by atoms with Crippen molar-refractivity contribution in [3.8, 4) is 5.88 Å². The summed E-state index contributed by atoms with van der Waals surface area (Å²) in [6.45, 7) is 4.48. The second-order valence-electron chi connectivity index (χ2n) is 5.58. The number of aromatic nitrogens is 2. The Balaban J connectivity index is 2.06. The first-order valence-electron chi connectivity index (χ1n) is 7.73. The van der Waals surface area contributed by atoms with Crippen LogP contribution in [-0.2, 0) is 20.0 Å². The topological polar surface area (TPSA) is 59.3 Å². The van der Waals surface area contributed by atoms with Gasteiger partial charge in [-0.3, -0.25) is 0 Å². The predicted molar refractivity (Wildman–Crippen MR) is 86.8 cm³/mol. The minimum atomic E-state index is -0.719. The van der Waals surface area contributed by atoms with Gasteiger partial charge in [0.25, 0.3) is 0 Å². The van der Waals surface area contributed by atoms with Crippen molar-refractivity contribution in [1.82, 2.24) is 15.1 Å². The van der Waals surface area contributed by atoms with Crippen LogP contribution in [0.4, 0.5) is 4.39 Å². The first kappa shape index (κ1) is 17.4. The van der Waals surface area contributed by atoms with Gasteiger partial charge < -0.3 is 15.2 Å². The molecule has 1 aromatic carbocycles. The second-order valence-corrected chi connectivity index (χ2v) is 5.58. The molecule has 5 nitrogen and oxygen atoms in total. The summed E-state index contributed by atoms with van der Waals surface area (Å²) >= 11 is 0. The highest BCUT2D eigenvalue weighted by atomic mass is 19.1. The third-order valence-electron chi connectivity index (χ3n) is 3.99. The summed E-state index contributed by atoms with van der Waals surface area (Å²) < 4.78 is 20.1. The van der Waals surface area contributed by atoms with E-state index < -0.39 is 6.10 Å². The fourth-order valence-electron chi connectivity index (χ4n) is 2.65. The van der Waals surface area contributed by atoms with Crippen molar-refractivity contribution >= 4 is 0 Å². The number of benzene rings is 1. The second kappa shape index (κ2) is 7.57. The van der Waals surface area contributed by atoms with Crippen LogP contribution >= 0.6 is 0 Å². The van der Waals surface area contributed by atoms with Crippen LogP contribution < -0.4 is 10.1 Å². The molecule has 2 unspecified atom stereocenters. The van der Waals surface area contributed by atoms with Gasteiger partial charge in [0, 0.05) is 19.6 Å². The van der Waals surface area contributed by atoms with Crippen molar-refractivity contribution in [1.29, 1.82) is 0 Å². The van der Waals surface area contributed by atoms with E-state index in [4.69, 9.17) is 4.74 Å². The van der Waals surface area contributed by atoms with Crippen LogP contribution in [0.5, 0.6) is 5.88 Å². The minimum absolute atomic E-state index is 0.199. The SMILES string of the molecule is CCc1nn(C)c(OC)c1CNC(C)C(O)c1ccc(F)cc1. The number of hydrogen-bond acceptors (Lipinski definition) is 4. The first-order valence-corrected chi connectivity index (χ1v) is 7.73. The number of hydrogen-bond donors (Lipinski definition) is 2. The molecule has 0 radical (unpaired) electrons. The molecular formula is C17H24FN3O2. The van der Waals surface area contributed by atoms with E-state index in [1.165, 1.54) is 12.1 Å². The van der Waals surface area contributed by atoms with E-state index in [1.54, 1.807) is 23.9 Å². The van der Waals surface area contributed by atoms with E-state index in [0.29, 0.717) is 12.1 Å². The average molecular weight is 321 g/mol. The van der Waals surface area contributed by atoms with Crippen molar-refractivity contribution < 1.29 is 14.2 Å². The van der Waals surface area contributed by atoms with Gasteiger partial charge in [-0.2, -0.15) is 5.10 Å². The lowest BCUT2D eigenvalue weighted by Crippen LogP contribution is -2.32. The summed E-state index contributed by atoms with van der Waals surface area (Å²) in [6, 6.07) is 5.70. The van der Waals surface area contributed by atoms with Gasteiger partial charge in [0.05, 0.1) is 24.5 Å². The van der Waals surface area contributed by atoms with Crippen LogP contribution in [0.25, 0.3) is 0 Å². The Morgan fingerprint density at radius 3 is 2.57 bits per heavy atom. The van der Waals surface area contributed by atoms with Crippen molar-refractivity contribution in [3.63, 3.8) is 0 Å². The lowest BCUT2D eigenvalue weighted by Gasteiger charge is -2.21. The van der Waals surface area contributed by atoms with Gasteiger partial charge in [0.1, 0.15) is 5.82 Å². The molecule has 2 aromatic rings. The van der Waals surface area contributed by atoms with E-state index in [9.17, 15) is 9.50 Å². The molecule has 0 spiro atoms. The van der Waals surface area contributed by atoms with Gasteiger partial charge in [0.15, 0.2) is 0 Å². The molecule has 0 aliphatic heterocycles. The number of aliphatic hydroxyl groups excluding tert-OH is 1. The standard InChI is InChI=1S/C17H24FN3O2/c1-5-15-14(17(23-4)21(3)20-15)10-19-11(2)16(22)12-6-8-13(18)9-7-12/h6-9,11,16,19,22H,5,10H2,1-4H3. The zero-order valence-corrected chi connectivity index (χ0v) is 14.0. The van der Waals surface area contributed by atoms with E-state index in [0.717, 1.165) is 23.6 Å². The maximum absolute atomic E-state index is 13.0. The molecule has 2 N–H and O–H groups in total. The number of aryl methyl sites for hydroxylation is 2. The van der Waals surface area contributed by atoms with Crippen LogP contribution in [0.3, 0.4) is 0 Å². The van der Waals surface area contributed by atoms with Crippen LogP contribution in [0.15, 0.2) is 24.3 Å². The monoisotopic (exact) mass is 321 g/mol. The molecule has 2 atom stereocenters. The van der Waals surface area contributed by atoms with Gasteiger partial charge in [-0.25, -0.2) is 9.07 Å². The molecule has 23 heavy (non-hydrogen) atoms. The van der Waals surface area contributed by atoms with Crippen LogP contribution in [-0.4, -0.2) is 28.0 Å². The third kappa shape index (κ3) is 3.89. The van der Waals surface area contributed by atoms with E-state index in [2.05, 4.69) is 10.4 Å². The number of nitrogens with one attached hydrogen (secondary N) is 1. The molecule has 0 saturated heterocycles. The molecular weight excluding hydrogens is 297 g/mol. The highest BCUT2D eigenvalue weighted by Gasteiger charge is 2.20. The maximum Gasteiger partial charge on any atom is 0.216 e. The molecule has 1 heterocycles. The largest absolute Gasteiger partial charge is 0.481 e. The number of halogens is 1. The molecule has 6 heteroatoms. The number of rotatable bonds is 7. The lowest BCUT2D eigenvalue weighted by molar-refractivity contribution is 0.135. The molecule has 0 saturated carbocycles. The van der Waals surface area contributed by atoms with E-state index in [-0.39, 0.29) is 11.9 Å². The molecule has 2 rings (SSSR count). The molecule has 0 fully saturated rings. The Bertz CT molecular complexity index is 640. The summed E-state index contributed by atoms with van der Waals surface area (Å²) in [5.74, 6) is 0.409. The van der Waals surface area contributed by atoms with Crippen LogP contribution in [0.2, 0.25) is 0 Å². The zero-order chi connectivity index (χ0) is 17.0. The fourth-order valence-corrected chi connectivity index (χ4v) is 2.65. The summed E-state index contributed by atoms with van der Waals surface area (Å²) in [7, 11) is 3.47. The van der Waals surface area contributed by atoms with Gasteiger partial charge in [-0.05, 0) is 31.0 Å². The van der Waals surface area contributed by atoms with Crippen molar-refractivity contribution in [3.05, 3.63) is 46.9 Å². The van der Waals surface area contributed by atoms with E-state index in [1.807, 2.05) is 20.9 Å². The van der Waals surface area contributed by atoms with Gasteiger partial charge in [-0.15, -0.1) is 0 Å². The molecule has 126 valence electrons. The average Bonchev–Trinajstić information content (AvgIpc) is 2.87. The van der Waals surface area contributed by atoms with Crippen molar-refractivity contribution in [2.45, 2.75) is 39.0 Å². The van der Waals surface area contributed by atoms with Crippen molar-refractivity contribution in [2.24, 2.45) is 7.05 Å². The Labute approximate surface area is 136 Å². The smallest absolute Gasteiger partial charge is 0.216 e. The number of aliphatic hydroxyl groups is 1. The summed E-state index contributed by atoms with van der Waals surface area (Å²) in [5, 5.41) is 18.1. The van der Waals surface area contributed by atoms with Gasteiger partial charge >= 0.3 is 0 Å². The van der Waals surface area contributed by atoms with E-state index >= 15 is 0 Å². The fraction of sp³-hybridized carbons (Fsp3) is 0.471. The Hall–Kier alpha value is -1.92. The number of methoxy groups -OCH3 is 1. The Kier molecular flexibility index (Phi) is 5.74. The Morgan fingerprint density at radius 1 is 1.35 bits per heavy atom. The van der Waals surface area contributed by atoms with Crippen LogP contribution in [0.1, 0.15) is 36.8 Å². The van der Waals surface area contributed by atoms with Crippen LogP contribution in [0, 0.1) is 5.82 Å². The molecule has 0 aliphatic carbocycles. The summed E-state index contributed by atoms with van der Waals surface area (Å²) in [5.41, 5.74) is 2.65. The summed E-state index contributed by atoms with van der Waals surface area (Å²) in [6.07, 6.45) is 0.0895. The third-order valence-corrected chi connectivity index (χ3v) is 3.99. The highest BCUT2D eigenvalue weighted by Crippen LogP contribution is 2.23. The number of ether oxygens (including phenoxy) is 1. The van der Waals surface area contributed by atoms with Gasteiger partial charge in [0.2, 0.25) is 5.88 Å². The zero-order valence-electron chi connectivity index (χ0n) is 14.0. The lowest BCUT2D eigenvalue weighted by atomic mass is 10.0. The molecule has 0 bridgehead atoms. The predicted octanol–water partition coefficient (Wildman–Crippen LogP) is 2.34. The minimum Gasteiger partial charge on any atom is -0.481 e. The molecule has 1 aromatic heterocycles. The molecule has 0 aliphatic rings. The maximum atomic E-state index is 13.0. The first-order chi connectivity index (χ1) is 11.0. The highest BCUT2D eigenvalue weighted by molar-refractivity contribution is 5.32. The van der Waals surface area contributed by atoms with Crippen molar-refractivity contribution in [2.75, 3.05) is 7.11 Å². The van der Waals surface area contributed by atoms with Gasteiger partial charge in [-0.1, -0.05) is 19.1 Å². The Morgan fingerprint density at radius 2 is 2.00 bits per heavy atom. The normalized spacial score (nSPS) is 13.8. The summed E-state index contributed by atoms with van der Waals surface area (Å²) in [4.78, 5) is 0.